The first-order valence-corrected chi connectivity index (χ1v) is 7.84. The van der Waals surface area contributed by atoms with Crippen molar-refractivity contribution in [2.45, 2.75) is 24.9 Å². The van der Waals surface area contributed by atoms with Gasteiger partial charge in [0, 0.05) is 19.1 Å². The van der Waals surface area contributed by atoms with Gasteiger partial charge in [-0.2, -0.15) is 0 Å². The van der Waals surface area contributed by atoms with E-state index in [1.54, 1.807) is 0 Å². The number of rotatable bonds is 5. The van der Waals surface area contributed by atoms with Gasteiger partial charge < -0.3 is 10.1 Å². The summed E-state index contributed by atoms with van der Waals surface area (Å²) in [4.78, 5) is 12.2. The summed E-state index contributed by atoms with van der Waals surface area (Å²) in [5.41, 5.74) is 2.42. The second-order valence-electron chi connectivity index (χ2n) is 5.62. The van der Waals surface area contributed by atoms with Gasteiger partial charge in [0.1, 0.15) is 6.10 Å². The first-order valence-electron chi connectivity index (χ1n) is 7.84. The van der Waals surface area contributed by atoms with Crippen LogP contribution in [0.4, 0.5) is 0 Å². The molecule has 0 saturated carbocycles. The molecule has 114 valence electrons. The van der Waals surface area contributed by atoms with Crippen molar-refractivity contribution in [3.8, 4) is 0 Å². The molecule has 1 aliphatic rings. The van der Waals surface area contributed by atoms with E-state index >= 15 is 0 Å². The zero-order chi connectivity index (χ0) is 15.2. The van der Waals surface area contributed by atoms with Crippen molar-refractivity contribution in [2.24, 2.45) is 0 Å². The van der Waals surface area contributed by atoms with Gasteiger partial charge in [0.25, 0.3) is 0 Å². The number of carbonyl (C=O) groups excluding carboxylic acids is 1. The molecule has 0 aromatic heterocycles. The summed E-state index contributed by atoms with van der Waals surface area (Å²) in [5, 5.41) is 3.06. The maximum Gasteiger partial charge on any atom is 0.249 e. The van der Waals surface area contributed by atoms with Crippen molar-refractivity contribution in [3.05, 3.63) is 71.8 Å². The Hall–Kier alpha value is -2.13. The Morgan fingerprint density at radius 2 is 1.64 bits per heavy atom. The van der Waals surface area contributed by atoms with Crippen LogP contribution in [0.25, 0.3) is 0 Å². The molecule has 22 heavy (non-hydrogen) atoms. The van der Waals surface area contributed by atoms with Crippen LogP contribution in [0.3, 0.4) is 0 Å². The molecule has 3 heteroatoms. The lowest BCUT2D eigenvalue weighted by Crippen LogP contribution is -2.36. The van der Waals surface area contributed by atoms with Gasteiger partial charge in [-0.3, -0.25) is 4.79 Å². The Morgan fingerprint density at radius 3 is 2.14 bits per heavy atom. The highest BCUT2D eigenvalue weighted by atomic mass is 16.5. The predicted molar refractivity (Wildman–Crippen MR) is 86.7 cm³/mol. The Bertz CT molecular complexity index is 552. The Kier molecular flexibility index (Phi) is 4.86. The van der Waals surface area contributed by atoms with Gasteiger partial charge in [-0.05, 0) is 24.0 Å². The molecule has 0 aliphatic carbocycles. The number of hydrogen-bond donors (Lipinski definition) is 1. The van der Waals surface area contributed by atoms with Crippen LogP contribution in [0.1, 0.15) is 29.9 Å². The fraction of sp³-hybridized carbons (Fsp3) is 0.316. The van der Waals surface area contributed by atoms with Gasteiger partial charge in [0.2, 0.25) is 5.91 Å². The molecule has 0 spiro atoms. The standard InChI is InChI=1S/C19H21NO2/c21-19(18-12-7-13-22-18)20-14-17(15-8-3-1-4-9-15)16-10-5-2-6-11-16/h1-6,8-11,17-18H,7,12-14H2,(H,20,21). The second-order valence-corrected chi connectivity index (χ2v) is 5.62. The highest BCUT2D eigenvalue weighted by molar-refractivity contribution is 5.81. The van der Waals surface area contributed by atoms with Gasteiger partial charge in [-0.25, -0.2) is 0 Å². The molecule has 3 nitrogen and oxygen atoms in total. The van der Waals surface area contributed by atoms with Crippen molar-refractivity contribution < 1.29 is 9.53 Å². The monoisotopic (exact) mass is 295 g/mol. The van der Waals surface area contributed by atoms with Crippen molar-refractivity contribution >= 4 is 5.91 Å². The van der Waals surface area contributed by atoms with Gasteiger partial charge in [0.15, 0.2) is 0 Å². The molecule has 0 bridgehead atoms. The van der Waals surface area contributed by atoms with Crippen molar-refractivity contribution in [1.29, 1.82) is 0 Å². The lowest BCUT2D eigenvalue weighted by atomic mass is 9.91. The number of ether oxygens (including phenoxy) is 1. The van der Waals surface area contributed by atoms with E-state index in [9.17, 15) is 4.79 Å². The number of nitrogens with one attached hydrogen (secondary N) is 1. The van der Waals surface area contributed by atoms with E-state index in [0.717, 1.165) is 12.8 Å². The van der Waals surface area contributed by atoms with Crippen LogP contribution in [0.5, 0.6) is 0 Å². The fourth-order valence-electron chi connectivity index (χ4n) is 2.90. The van der Waals surface area contributed by atoms with Crippen LogP contribution < -0.4 is 5.32 Å². The van der Waals surface area contributed by atoms with Crippen LogP contribution in [-0.2, 0) is 9.53 Å². The summed E-state index contributed by atoms with van der Waals surface area (Å²) in [6, 6.07) is 20.6. The van der Waals surface area contributed by atoms with Gasteiger partial charge in [-0.1, -0.05) is 60.7 Å². The minimum absolute atomic E-state index is 0.00867. The van der Waals surface area contributed by atoms with Crippen LogP contribution >= 0.6 is 0 Å². The molecule has 3 rings (SSSR count). The third-order valence-electron chi connectivity index (χ3n) is 4.11. The molecule has 1 atom stereocenters. The topological polar surface area (TPSA) is 38.3 Å². The molecule has 0 radical (unpaired) electrons. The normalized spacial score (nSPS) is 17.6. The zero-order valence-electron chi connectivity index (χ0n) is 12.6. The quantitative estimate of drug-likeness (QED) is 0.920. The predicted octanol–water partition coefficient (Wildman–Crippen LogP) is 3.11. The molecule has 1 heterocycles. The Morgan fingerprint density at radius 1 is 1.05 bits per heavy atom. The van der Waals surface area contributed by atoms with E-state index in [1.807, 2.05) is 36.4 Å². The van der Waals surface area contributed by atoms with Crippen LogP contribution in [0, 0.1) is 0 Å². The van der Waals surface area contributed by atoms with Crippen LogP contribution in [0.15, 0.2) is 60.7 Å². The van der Waals surface area contributed by atoms with E-state index in [4.69, 9.17) is 4.74 Å². The minimum atomic E-state index is -0.271. The van der Waals surface area contributed by atoms with Gasteiger partial charge in [0.05, 0.1) is 0 Å². The third-order valence-corrected chi connectivity index (χ3v) is 4.11. The SMILES string of the molecule is O=C(NCC(c1ccccc1)c1ccccc1)C1CCCO1. The summed E-state index contributed by atoms with van der Waals surface area (Å²) >= 11 is 0. The van der Waals surface area contributed by atoms with Crippen LogP contribution in [-0.4, -0.2) is 25.2 Å². The summed E-state index contributed by atoms with van der Waals surface area (Å²) in [6.45, 7) is 1.28. The van der Waals surface area contributed by atoms with Crippen molar-refractivity contribution in [3.63, 3.8) is 0 Å². The lowest BCUT2D eigenvalue weighted by Gasteiger charge is -2.20. The van der Waals surface area contributed by atoms with Crippen molar-refractivity contribution in [1.82, 2.24) is 5.32 Å². The van der Waals surface area contributed by atoms with E-state index in [1.165, 1.54) is 11.1 Å². The number of amides is 1. The van der Waals surface area contributed by atoms with Crippen molar-refractivity contribution in [2.75, 3.05) is 13.2 Å². The number of carbonyl (C=O) groups is 1. The first-order chi connectivity index (χ1) is 10.8. The van der Waals surface area contributed by atoms with E-state index < -0.39 is 0 Å². The fourth-order valence-corrected chi connectivity index (χ4v) is 2.90. The van der Waals surface area contributed by atoms with E-state index in [0.29, 0.717) is 13.2 Å². The maximum atomic E-state index is 12.2. The highest BCUT2D eigenvalue weighted by Gasteiger charge is 2.24. The lowest BCUT2D eigenvalue weighted by molar-refractivity contribution is -0.130. The summed E-state index contributed by atoms with van der Waals surface area (Å²) < 4.78 is 5.45. The molecule has 1 fully saturated rings. The molecule has 2 aromatic rings. The van der Waals surface area contributed by atoms with Gasteiger partial charge >= 0.3 is 0 Å². The average molecular weight is 295 g/mol. The maximum absolute atomic E-state index is 12.2. The molecule has 1 amide bonds. The molecule has 1 N–H and O–H groups in total. The zero-order valence-corrected chi connectivity index (χ0v) is 12.6. The minimum Gasteiger partial charge on any atom is -0.368 e. The first kappa shape index (κ1) is 14.8. The Balaban J connectivity index is 1.73. The largest absolute Gasteiger partial charge is 0.368 e. The van der Waals surface area contributed by atoms with Crippen LogP contribution in [0.2, 0.25) is 0 Å². The van der Waals surface area contributed by atoms with E-state index in [-0.39, 0.29) is 17.9 Å². The molecule has 2 aromatic carbocycles. The number of hydrogen-bond acceptors (Lipinski definition) is 2. The number of benzene rings is 2. The smallest absolute Gasteiger partial charge is 0.249 e. The molecular weight excluding hydrogens is 274 g/mol. The Labute approximate surface area is 131 Å². The average Bonchev–Trinajstić information content (AvgIpc) is 3.11. The molecule has 1 saturated heterocycles. The summed E-state index contributed by atoms with van der Waals surface area (Å²) in [6.07, 6.45) is 1.53. The molecule has 1 aliphatic heterocycles. The summed E-state index contributed by atoms with van der Waals surface area (Å²) in [7, 11) is 0. The second kappa shape index (κ2) is 7.23. The van der Waals surface area contributed by atoms with E-state index in [2.05, 4.69) is 29.6 Å². The van der Waals surface area contributed by atoms with Gasteiger partial charge in [-0.15, -0.1) is 0 Å². The third kappa shape index (κ3) is 3.55. The molecule has 1 unspecified atom stereocenters. The summed E-state index contributed by atoms with van der Waals surface area (Å²) in [5.74, 6) is 0.169. The highest BCUT2D eigenvalue weighted by Crippen LogP contribution is 2.24. The molecular formula is C19H21NO2.